The van der Waals surface area contributed by atoms with Gasteiger partial charge < -0.3 is 10.6 Å². The summed E-state index contributed by atoms with van der Waals surface area (Å²) < 4.78 is 8.22. The number of hydrogen-bond donors (Lipinski definition) is 2. The number of aryl methyl sites for hydroxylation is 3. The molecular formula is C18H22N8S. The quantitative estimate of drug-likeness (QED) is 0.478. The van der Waals surface area contributed by atoms with E-state index in [2.05, 4.69) is 35.7 Å². The van der Waals surface area contributed by atoms with Crippen LogP contribution < -0.4 is 10.6 Å². The van der Waals surface area contributed by atoms with Gasteiger partial charge in [-0.2, -0.15) is 9.47 Å². The van der Waals surface area contributed by atoms with Crippen molar-refractivity contribution in [3.05, 3.63) is 42.2 Å². The summed E-state index contributed by atoms with van der Waals surface area (Å²) in [7, 11) is 3.88. The fourth-order valence-electron chi connectivity index (χ4n) is 3.00. The first-order valence-corrected chi connectivity index (χ1v) is 9.62. The summed E-state index contributed by atoms with van der Waals surface area (Å²) in [6.45, 7) is 2.94. The van der Waals surface area contributed by atoms with Gasteiger partial charge in [-0.15, -0.1) is 0 Å². The van der Waals surface area contributed by atoms with E-state index in [1.165, 1.54) is 11.5 Å². The molecule has 0 aliphatic rings. The predicted octanol–water partition coefficient (Wildman–Crippen LogP) is 2.79. The number of nitrogens with one attached hydrogen (secondary N) is 2. The lowest BCUT2D eigenvalue weighted by molar-refractivity contribution is 0.713. The minimum atomic E-state index is 0.746. The molecule has 0 atom stereocenters. The van der Waals surface area contributed by atoms with Crippen LogP contribution in [0.3, 0.4) is 0 Å². The monoisotopic (exact) mass is 382 g/mol. The van der Waals surface area contributed by atoms with Gasteiger partial charge in [-0.1, -0.05) is 0 Å². The van der Waals surface area contributed by atoms with E-state index in [0.29, 0.717) is 0 Å². The van der Waals surface area contributed by atoms with Crippen LogP contribution in [-0.2, 0) is 13.5 Å². The first-order valence-electron chi connectivity index (χ1n) is 8.85. The molecule has 0 aliphatic heterocycles. The molecule has 9 heteroatoms. The Bertz CT molecular complexity index is 1060. The zero-order valence-corrected chi connectivity index (χ0v) is 16.4. The van der Waals surface area contributed by atoms with Crippen LogP contribution in [0.25, 0.3) is 16.9 Å². The molecule has 0 bridgehead atoms. The highest BCUT2D eigenvalue weighted by Crippen LogP contribution is 2.27. The van der Waals surface area contributed by atoms with Crippen molar-refractivity contribution in [1.82, 2.24) is 33.8 Å². The molecule has 4 aromatic rings. The smallest absolute Gasteiger partial charge is 0.180 e. The highest BCUT2D eigenvalue weighted by atomic mass is 32.1. The van der Waals surface area contributed by atoms with E-state index in [-0.39, 0.29) is 0 Å². The van der Waals surface area contributed by atoms with Crippen LogP contribution in [-0.4, -0.2) is 42.1 Å². The molecule has 27 heavy (non-hydrogen) atoms. The van der Waals surface area contributed by atoms with E-state index in [1.807, 2.05) is 45.7 Å². The zero-order chi connectivity index (χ0) is 18.8. The van der Waals surface area contributed by atoms with E-state index in [1.54, 1.807) is 4.68 Å². The molecule has 0 saturated carbocycles. The lowest BCUT2D eigenvalue weighted by Gasteiger charge is -2.09. The van der Waals surface area contributed by atoms with Crippen molar-refractivity contribution in [3.8, 4) is 11.3 Å². The molecule has 140 valence electrons. The van der Waals surface area contributed by atoms with E-state index in [0.717, 1.165) is 58.5 Å². The zero-order valence-electron chi connectivity index (χ0n) is 15.6. The Kier molecular flexibility index (Phi) is 4.87. The molecule has 0 amide bonds. The average molecular weight is 382 g/mol. The van der Waals surface area contributed by atoms with Gasteiger partial charge >= 0.3 is 0 Å². The summed E-state index contributed by atoms with van der Waals surface area (Å²) in [6.07, 6.45) is 9.69. The SMILES string of the molecule is CNCCCc1cn2c(-c3cnn(C)c3)cnc2c(Nc2cc(C)ns2)n1. The summed E-state index contributed by atoms with van der Waals surface area (Å²) in [5.41, 5.74) is 4.82. The van der Waals surface area contributed by atoms with Gasteiger partial charge in [0.15, 0.2) is 11.5 Å². The van der Waals surface area contributed by atoms with Crippen LogP contribution in [0.2, 0.25) is 0 Å². The van der Waals surface area contributed by atoms with Crippen molar-refractivity contribution in [2.75, 3.05) is 18.9 Å². The second-order valence-corrected chi connectivity index (χ2v) is 7.29. The molecule has 0 aliphatic carbocycles. The molecule has 2 N–H and O–H groups in total. The largest absolute Gasteiger partial charge is 0.328 e. The van der Waals surface area contributed by atoms with Gasteiger partial charge in [0.2, 0.25) is 0 Å². The Morgan fingerprint density at radius 3 is 2.81 bits per heavy atom. The fourth-order valence-corrected chi connectivity index (χ4v) is 3.66. The molecular weight excluding hydrogens is 360 g/mol. The summed E-state index contributed by atoms with van der Waals surface area (Å²) in [6, 6.07) is 2.02. The molecule has 4 rings (SSSR count). The standard InChI is InChI=1S/C18H22N8S/c1-12-7-16(27-24-12)23-17-18-20-9-15(13-8-21-25(3)10-13)26(18)11-14(22-17)5-4-6-19-2/h7-11,19H,4-6H2,1-3H3,(H,22,23). The highest BCUT2D eigenvalue weighted by molar-refractivity contribution is 7.10. The molecule has 0 radical (unpaired) electrons. The van der Waals surface area contributed by atoms with E-state index in [9.17, 15) is 0 Å². The van der Waals surface area contributed by atoms with Crippen LogP contribution in [0.5, 0.6) is 0 Å². The van der Waals surface area contributed by atoms with Crippen molar-refractivity contribution in [3.63, 3.8) is 0 Å². The Labute approximate surface area is 161 Å². The number of fused-ring (bicyclic) bond motifs is 1. The third kappa shape index (κ3) is 3.69. The van der Waals surface area contributed by atoms with Crippen molar-refractivity contribution in [2.24, 2.45) is 7.05 Å². The lowest BCUT2D eigenvalue weighted by Crippen LogP contribution is -2.10. The van der Waals surface area contributed by atoms with Gasteiger partial charge in [0.05, 0.1) is 29.5 Å². The van der Waals surface area contributed by atoms with Gasteiger partial charge in [-0.25, -0.2) is 9.97 Å². The van der Waals surface area contributed by atoms with Crippen LogP contribution in [0.15, 0.2) is 30.9 Å². The van der Waals surface area contributed by atoms with Gasteiger partial charge in [-0.05, 0) is 51.0 Å². The van der Waals surface area contributed by atoms with Crippen LogP contribution in [0.4, 0.5) is 10.8 Å². The number of nitrogens with zero attached hydrogens (tertiary/aromatic N) is 6. The van der Waals surface area contributed by atoms with Crippen molar-refractivity contribution >= 4 is 28.0 Å². The highest BCUT2D eigenvalue weighted by Gasteiger charge is 2.14. The minimum absolute atomic E-state index is 0.746. The molecule has 4 aromatic heterocycles. The minimum Gasteiger partial charge on any atom is -0.328 e. The maximum Gasteiger partial charge on any atom is 0.180 e. The number of rotatable bonds is 7. The lowest BCUT2D eigenvalue weighted by atomic mass is 10.2. The summed E-state index contributed by atoms with van der Waals surface area (Å²) in [5.74, 6) is 0.746. The van der Waals surface area contributed by atoms with Crippen molar-refractivity contribution in [1.29, 1.82) is 0 Å². The van der Waals surface area contributed by atoms with Crippen LogP contribution in [0.1, 0.15) is 17.8 Å². The second kappa shape index (κ2) is 7.45. The van der Waals surface area contributed by atoms with Gasteiger partial charge in [0.1, 0.15) is 5.00 Å². The number of imidazole rings is 1. The van der Waals surface area contributed by atoms with E-state index >= 15 is 0 Å². The Morgan fingerprint density at radius 1 is 1.22 bits per heavy atom. The van der Waals surface area contributed by atoms with Gasteiger partial charge in [-0.3, -0.25) is 9.08 Å². The fraction of sp³-hybridized carbons (Fsp3) is 0.333. The van der Waals surface area contributed by atoms with E-state index in [4.69, 9.17) is 4.98 Å². The molecule has 0 aromatic carbocycles. The van der Waals surface area contributed by atoms with Crippen molar-refractivity contribution in [2.45, 2.75) is 19.8 Å². The number of aromatic nitrogens is 6. The third-order valence-corrected chi connectivity index (χ3v) is 5.07. The first kappa shape index (κ1) is 17.6. The Morgan fingerprint density at radius 2 is 2.11 bits per heavy atom. The van der Waals surface area contributed by atoms with Crippen molar-refractivity contribution < 1.29 is 0 Å². The summed E-state index contributed by atoms with van der Waals surface area (Å²) in [5, 5.41) is 11.8. The summed E-state index contributed by atoms with van der Waals surface area (Å²) >= 11 is 1.43. The average Bonchev–Trinajstić information content (AvgIpc) is 3.35. The second-order valence-electron chi connectivity index (χ2n) is 6.49. The molecule has 0 fully saturated rings. The Balaban J connectivity index is 1.78. The maximum atomic E-state index is 4.83. The topological polar surface area (TPSA) is 85.0 Å². The first-order chi connectivity index (χ1) is 13.1. The molecule has 4 heterocycles. The predicted molar refractivity (Wildman–Crippen MR) is 108 cm³/mol. The molecule has 8 nitrogen and oxygen atoms in total. The maximum absolute atomic E-state index is 4.83. The van der Waals surface area contributed by atoms with Crippen LogP contribution >= 0.6 is 11.5 Å². The third-order valence-electron chi connectivity index (χ3n) is 4.27. The summed E-state index contributed by atoms with van der Waals surface area (Å²) in [4.78, 5) is 9.44. The number of anilines is 2. The normalized spacial score (nSPS) is 11.4. The molecule has 0 spiro atoms. The van der Waals surface area contributed by atoms with Crippen LogP contribution in [0, 0.1) is 6.92 Å². The van der Waals surface area contributed by atoms with Gasteiger partial charge in [0.25, 0.3) is 0 Å². The number of hydrogen-bond acceptors (Lipinski definition) is 7. The Hall–Kier alpha value is -2.78. The molecule has 0 saturated heterocycles. The molecule has 0 unspecified atom stereocenters. The van der Waals surface area contributed by atoms with Gasteiger partial charge in [0, 0.05) is 25.0 Å². The van der Waals surface area contributed by atoms with E-state index < -0.39 is 0 Å².